The van der Waals surface area contributed by atoms with Gasteiger partial charge in [0.05, 0.1) is 11.8 Å². The van der Waals surface area contributed by atoms with Crippen LogP contribution in [0.3, 0.4) is 0 Å². The van der Waals surface area contributed by atoms with Gasteiger partial charge in [-0.15, -0.1) is 0 Å². The molecular weight excluding hydrogens is 354 g/mol. The standard InChI is InChI=1S/C20H21N7O/c28-16-4-1-3-14(11-16)24-18-6-5-17-20(25-18)26(13-22-17)15-7-9-21-19(12-15)27-10-2-8-23-27/h2,5-10,12-14,16,28H,1,3-4,11H2,(H,24,25). The average molecular weight is 375 g/mol. The van der Waals surface area contributed by atoms with Gasteiger partial charge in [0.15, 0.2) is 11.5 Å². The summed E-state index contributed by atoms with van der Waals surface area (Å²) in [5.74, 6) is 1.53. The maximum absolute atomic E-state index is 9.91. The van der Waals surface area contributed by atoms with E-state index in [1.54, 1.807) is 23.4 Å². The minimum Gasteiger partial charge on any atom is -0.393 e. The third-order valence-electron chi connectivity index (χ3n) is 5.14. The molecule has 0 saturated heterocycles. The van der Waals surface area contributed by atoms with Crippen LogP contribution in [0.1, 0.15) is 25.7 Å². The molecule has 1 saturated carbocycles. The lowest BCUT2D eigenvalue weighted by Gasteiger charge is -2.27. The molecule has 5 rings (SSSR count). The second-order valence-electron chi connectivity index (χ2n) is 7.14. The number of hydrogen-bond acceptors (Lipinski definition) is 6. The van der Waals surface area contributed by atoms with Gasteiger partial charge in [-0.05, 0) is 49.9 Å². The van der Waals surface area contributed by atoms with Crippen molar-refractivity contribution >= 4 is 17.0 Å². The van der Waals surface area contributed by atoms with E-state index in [0.717, 1.165) is 54.2 Å². The van der Waals surface area contributed by atoms with E-state index >= 15 is 0 Å². The summed E-state index contributed by atoms with van der Waals surface area (Å²) in [7, 11) is 0. The van der Waals surface area contributed by atoms with E-state index in [1.165, 1.54) is 0 Å². The molecule has 0 aliphatic heterocycles. The highest BCUT2D eigenvalue weighted by Crippen LogP contribution is 2.24. The maximum Gasteiger partial charge on any atom is 0.166 e. The van der Waals surface area contributed by atoms with Gasteiger partial charge in [-0.25, -0.2) is 19.6 Å². The first-order valence-corrected chi connectivity index (χ1v) is 9.51. The van der Waals surface area contributed by atoms with Crippen molar-refractivity contribution < 1.29 is 5.11 Å². The zero-order valence-electron chi connectivity index (χ0n) is 15.3. The fraction of sp³-hybridized carbons (Fsp3) is 0.300. The van der Waals surface area contributed by atoms with Gasteiger partial charge in [0.2, 0.25) is 0 Å². The predicted octanol–water partition coefficient (Wildman–Crippen LogP) is 2.72. The van der Waals surface area contributed by atoms with Crippen molar-refractivity contribution in [1.29, 1.82) is 0 Å². The summed E-state index contributed by atoms with van der Waals surface area (Å²) in [6, 6.07) is 9.90. The Balaban J connectivity index is 1.48. The summed E-state index contributed by atoms with van der Waals surface area (Å²) in [6.45, 7) is 0. The number of rotatable bonds is 4. The normalized spacial score (nSPS) is 19.8. The van der Waals surface area contributed by atoms with Gasteiger partial charge in [0, 0.05) is 30.7 Å². The molecule has 28 heavy (non-hydrogen) atoms. The summed E-state index contributed by atoms with van der Waals surface area (Å²) in [6.07, 6.45) is 10.6. The van der Waals surface area contributed by atoms with E-state index in [4.69, 9.17) is 4.98 Å². The maximum atomic E-state index is 9.91. The number of anilines is 1. The van der Waals surface area contributed by atoms with Crippen LogP contribution in [0.4, 0.5) is 5.82 Å². The summed E-state index contributed by atoms with van der Waals surface area (Å²) >= 11 is 0. The second-order valence-corrected chi connectivity index (χ2v) is 7.14. The minimum absolute atomic E-state index is 0.224. The van der Waals surface area contributed by atoms with Gasteiger partial charge < -0.3 is 10.4 Å². The van der Waals surface area contributed by atoms with Crippen molar-refractivity contribution in [1.82, 2.24) is 29.3 Å². The van der Waals surface area contributed by atoms with Crippen molar-refractivity contribution in [2.45, 2.75) is 37.8 Å². The molecule has 1 aliphatic rings. The lowest BCUT2D eigenvalue weighted by Crippen LogP contribution is -2.30. The molecule has 1 fully saturated rings. The van der Waals surface area contributed by atoms with Crippen LogP contribution >= 0.6 is 0 Å². The zero-order chi connectivity index (χ0) is 18.9. The molecule has 0 radical (unpaired) electrons. The number of aliphatic hydroxyl groups excluding tert-OH is 1. The molecule has 0 aromatic carbocycles. The zero-order valence-corrected chi connectivity index (χ0v) is 15.3. The molecule has 4 aromatic heterocycles. The van der Waals surface area contributed by atoms with Gasteiger partial charge in [0.25, 0.3) is 0 Å². The Kier molecular flexibility index (Phi) is 4.25. The van der Waals surface area contributed by atoms with Crippen LogP contribution in [0.5, 0.6) is 0 Å². The van der Waals surface area contributed by atoms with E-state index < -0.39 is 0 Å². The largest absolute Gasteiger partial charge is 0.393 e. The quantitative estimate of drug-likeness (QED) is 0.570. The molecule has 2 N–H and O–H groups in total. The first kappa shape index (κ1) is 16.9. The molecule has 4 heterocycles. The molecule has 8 nitrogen and oxygen atoms in total. The molecular formula is C20H21N7O. The minimum atomic E-state index is -0.224. The van der Waals surface area contributed by atoms with E-state index in [9.17, 15) is 5.11 Å². The van der Waals surface area contributed by atoms with Crippen molar-refractivity contribution in [2.75, 3.05) is 5.32 Å². The fourth-order valence-corrected chi connectivity index (χ4v) is 3.75. The van der Waals surface area contributed by atoms with E-state index in [0.29, 0.717) is 0 Å². The highest BCUT2D eigenvalue weighted by atomic mass is 16.3. The van der Waals surface area contributed by atoms with Gasteiger partial charge in [-0.1, -0.05) is 0 Å². The van der Waals surface area contributed by atoms with Crippen molar-refractivity contribution in [3.05, 3.63) is 55.2 Å². The number of pyridine rings is 2. The smallest absolute Gasteiger partial charge is 0.166 e. The van der Waals surface area contributed by atoms with Crippen LogP contribution in [0.15, 0.2) is 55.2 Å². The van der Waals surface area contributed by atoms with Crippen molar-refractivity contribution in [3.63, 3.8) is 0 Å². The van der Waals surface area contributed by atoms with Crippen LogP contribution < -0.4 is 5.32 Å². The van der Waals surface area contributed by atoms with E-state index in [2.05, 4.69) is 20.4 Å². The van der Waals surface area contributed by atoms with Crippen LogP contribution in [0.25, 0.3) is 22.7 Å². The molecule has 0 amide bonds. The Morgan fingerprint density at radius 2 is 2.07 bits per heavy atom. The SMILES string of the molecule is OC1CCCC(Nc2ccc3ncn(-c4ccnc(-n5cccn5)c4)c3n2)C1. The number of nitrogens with one attached hydrogen (secondary N) is 1. The molecule has 0 bridgehead atoms. The second kappa shape index (κ2) is 7.05. The number of hydrogen-bond donors (Lipinski definition) is 2. The number of aromatic nitrogens is 6. The lowest BCUT2D eigenvalue weighted by molar-refractivity contribution is 0.124. The third kappa shape index (κ3) is 3.22. The number of imidazole rings is 1. The fourth-order valence-electron chi connectivity index (χ4n) is 3.75. The van der Waals surface area contributed by atoms with Gasteiger partial charge >= 0.3 is 0 Å². The molecule has 8 heteroatoms. The van der Waals surface area contributed by atoms with Crippen LogP contribution in [0, 0.1) is 0 Å². The summed E-state index contributed by atoms with van der Waals surface area (Å²) in [4.78, 5) is 13.6. The van der Waals surface area contributed by atoms with E-state index in [-0.39, 0.29) is 12.1 Å². The molecule has 4 aromatic rings. The average Bonchev–Trinajstić information content (AvgIpc) is 3.38. The Labute approximate surface area is 161 Å². The molecule has 2 atom stereocenters. The third-order valence-corrected chi connectivity index (χ3v) is 5.14. The number of nitrogens with zero attached hydrogens (tertiary/aromatic N) is 6. The summed E-state index contributed by atoms with van der Waals surface area (Å²) in [5.41, 5.74) is 2.52. The first-order valence-electron chi connectivity index (χ1n) is 9.51. The number of aliphatic hydroxyl groups is 1. The highest BCUT2D eigenvalue weighted by molar-refractivity contribution is 5.75. The molecule has 142 valence electrons. The Morgan fingerprint density at radius 1 is 1.11 bits per heavy atom. The molecule has 2 unspecified atom stereocenters. The highest BCUT2D eigenvalue weighted by Gasteiger charge is 2.20. The first-order chi connectivity index (χ1) is 13.8. The summed E-state index contributed by atoms with van der Waals surface area (Å²) in [5, 5.41) is 17.6. The van der Waals surface area contributed by atoms with Crippen LogP contribution in [-0.4, -0.2) is 46.6 Å². The summed E-state index contributed by atoms with van der Waals surface area (Å²) < 4.78 is 3.67. The van der Waals surface area contributed by atoms with Crippen LogP contribution in [-0.2, 0) is 0 Å². The van der Waals surface area contributed by atoms with Crippen LogP contribution in [0.2, 0.25) is 0 Å². The van der Waals surface area contributed by atoms with E-state index in [1.807, 2.05) is 41.1 Å². The Bertz CT molecular complexity index is 1090. The number of fused-ring (bicyclic) bond motifs is 1. The van der Waals surface area contributed by atoms with Crippen molar-refractivity contribution in [2.24, 2.45) is 0 Å². The monoisotopic (exact) mass is 375 g/mol. The predicted molar refractivity (Wildman–Crippen MR) is 106 cm³/mol. The van der Waals surface area contributed by atoms with Crippen molar-refractivity contribution in [3.8, 4) is 11.5 Å². The van der Waals surface area contributed by atoms with Gasteiger partial charge in [-0.3, -0.25) is 4.57 Å². The topological polar surface area (TPSA) is 93.7 Å². The van der Waals surface area contributed by atoms with Gasteiger partial charge in [0.1, 0.15) is 17.7 Å². The van der Waals surface area contributed by atoms with Gasteiger partial charge in [-0.2, -0.15) is 5.10 Å². The lowest BCUT2D eigenvalue weighted by atomic mass is 9.93. The Morgan fingerprint density at radius 3 is 2.93 bits per heavy atom. The molecule has 1 aliphatic carbocycles. The Hall–Kier alpha value is -3.26. The molecule has 0 spiro atoms.